The van der Waals surface area contributed by atoms with Gasteiger partial charge >= 0.3 is 0 Å². The molecule has 1 fully saturated rings. The van der Waals surface area contributed by atoms with E-state index in [9.17, 15) is 4.79 Å². The van der Waals surface area contributed by atoms with Gasteiger partial charge in [0.15, 0.2) is 5.17 Å². The number of carbonyl (C=O) groups excluding carboxylic acids is 1. The molecule has 0 spiro atoms. The molecule has 0 aliphatic carbocycles. The third-order valence-electron chi connectivity index (χ3n) is 4.21. The number of ether oxygens (including phenoxy) is 1. The van der Waals surface area contributed by atoms with Crippen LogP contribution < -0.4 is 10.1 Å². The van der Waals surface area contributed by atoms with Gasteiger partial charge < -0.3 is 10.1 Å². The van der Waals surface area contributed by atoms with E-state index < -0.39 is 0 Å². The molecule has 0 aromatic heterocycles. The van der Waals surface area contributed by atoms with E-state index in [-0.39, 0.29) is 5.91 Å². The highest BCUT2D eigenvalue weighted by atomic mass is 35.5. The van der Waals surface area contributed by atoms with E-state index >= 15 is 0 Å². The molecule has 0 atom stereocenters. The molecular formula is C22H17ClN2O2S. The van der Waals surface area contributed by atoms with Crippen molar-refractivity contribution in [3.63, 3.8) is 0 Å². The van der Waals surface area contributed by atoms with Crippen molar-refractivity contribution in [2.45, 2.75) is 6.92 Å². The van der Waals surface area contributed by atoms with Crippen molar-refractivity contribution in [1.82, 2.24) is 5.32 Å². The van der Waals surface area contributed by atoms with Crippen LogP contribution in [0.2, 0.25) is 5.02 Å². The minimum absolute atomic E-state index is 0.173. The van der Waals surface area contributed by atoms with Crippen molar-refractivity contribution in [3.8, 4) is 5.75 Å². The van der Waals surface area contributed by atoms with Crippen LogP contribution in [0.1, 0.15) is 12.5 Å². The molecule has 1 N–H and O–H groups in total. The first-order valence-corrected chi connectivity index (χ1v) is 10.0. The van der Waals surface area contributed by atoms with Gasteiger partial charge in [-0.2, -0.15) is 0 Å². The Morgan fingerprint density at radius 2 is 1.89 bits per heavy atom. The average molecular weight is 409 g/mol. The minimum atomic E-state index is -0.173. The van der Waals surface area contributed by atoms with Crippen molar-refractivity contribution < 1.29 is 9.53 Å². The van der Waals surface area contributed by atoms with E-state index in [2.05, 4.69) is 10.3 Å². The summed E-state index contributed by atoms with van der Waals surface area (Å²) in [5.74, 6) is 0.582. The third kappa shape index (κ3) is 3.91. The van der Waals surface area contributed by atoms with Gasteiger partial charge in [0.25, 0.3) is 5.91 Å². The van der Waals surface area contributed by atoms with Crippen molar-refractivity contribution >= 4 is 57.0 Å². The van der Waals surface area contributed by atoms with E-state index in [0.717, 1.165) is 27.8 Å². The number of amides is 1. The second kappa shape index (κ2) is 8.09. The Labute approximate surface area is 172 Å². The summed E-state index contributed by atoms with van der Waals surface area (Å²) >= 11 is 7.22. The Hall–Kier alpha value is -2.76. The maximum absolute atomic E-state index is 12.5. The molecule has 4 rings (SSSR count). The highest BCUT2D eigenvalue weighted by Crippen LogP contribution is 2.34. The lowest BCUT2D eigenvalue weighted by atomic mass is 10.0. The Balaban J connectivity index is 1.72. The van der Waals surface area contributed by atoms with E-state index in [0.29, 0.717) is 21.7 Å². The number of hydrogen-bond acceptors (Lipinski definition) is 4. The summed E-state index contributed by atoms with van der Waals surface area (Å²) in [5, 5.41) is 6.14. The number of halogens is 1. The number of rotatable bonds is 4. The average Bonchev–Trinajstić information content (AvgIpc) is 3.04. The molecule has 3 aromatic carbocycles. The molecule has 3 aromatic rings. The van der Waals surface area contributed by atoms with Crippen LogP contribution >= 0.6 is 23.4 Å². The summed E-state index contributed by atoms with van der Waals surface area (Å²) in [6.45, 7) is 2.50. The third-order valence-corrected chi connectivity index (χ3v) is 5.38. The van der Waals surface area contributed by atoms with Gasteiger partial charge in [0, 0.05) is 10.6 Å². The number of hydrogen-bond donors (Lipinski definition) is 1. The molecule has 0 bridgehead atoms. The van der Waals surface area contributed by atoms with E-state index in [4.69, 9.17) is 16.3 Å². The van der Waals surface area contributed by atoms with Gasteiger partial charge in [0.05, 0.1) is 17.2 Å². The molecule has 4 nitrogen and oxygen atoms in total. The number of aliphatic imine (C=N–C) groups is 1. The lowest BCUT2D eigenvalue weighted by Gasteiger charge is -2.11. The van der Waals surface area contributed by atoms with Gasteiger partial charge in [0.2, 0.25) is 0 Å². The molecule has 28 heavy (non-hydrogen) atoms. The lowest BCUT2D eigenvalue weighted by Crippen LogP contribution is -2.19. The molecule has 1 aliphatic rings. The summed E-state index contributed by atoms with van der Waals surface area (Å²) in [6, 6.07) is 19.2. The highest BCUT2D eigenvalue weighted by molar-refractivity contribution is 8.18. The number of thioether (sulfide) groups is 1. The largest absolute Gasteiger partial charge is 0.493 e. The van der Waals surface area contributed by atoms with Crippen molar-refractivity contribution in [2.24, 2.45) is 4.99 Å². The molecule has 1 saturated heterocycles. The molecule has 1 aliphatic heterocycles. The second-order valence-corrected chi connectivity index (χ2v) is 7.56. The summed E-state index contributed by atoms with van der Waals surface area (Å²) < 4.78 is 5.80. The van der Waals surface area contributed by atoms with Crippen LogP contribution in [0.15, 0.2) is 70.6 Å². The number of carbonyl (C=O) groups is 1. The van der Waals surface area contributed by atoms with E-state index in [1.54, 1.807) is 12.1 Å². The smallest absolute Gasteiger partial charge is 0.264 e. The van der Waals surface area contributed by atoms with E-state index in [1.165, 1.54) is 11.8 Å². The fourth-order valence-electron chi connectivity index (χ4n) is 2.95. The predicted octanol–water partition coefficient (Wildman–Crippen LogP) is 5.78. The van der Waals surface area contributed by atoms with Crippen LogP contribution in [0.3, 0.4) is 0 Å². The van der Waals surface area contributed by atoms with Crippen LogP contribution in [0, 0.1) is 0 Å². The first kappa shape index (κ1) is 18.6. The fourth-order valence-corrected chi connectivity index (χ4v) is 3.90. The van der Waals surface area contributed by atoms with Crippen LogP contribution in [0.5, 0.6) is 5.75 Å². The molecular weight excluding hydrogens is 392 g/mol. The Bertz CT molecular complexity index is 1110. The maximum Gasteiger partial charge on any atom is 0.264 e. The zero-order valence-corrected chi connectivity index (χ0v) is 16.7. The zero-order chi connectivity index (χ0) is 19.5. The van der Waals surface area contributed by atoms with Crippen molar-refractivity contribution in [2.75, 3.05) is 6.61 Å². The van der Waals surface area contributed by atoms with Gasteiger partial charge in [-0.25, -0.2) is 4.99 Å². The highest BCUT2D eigenvalue weighted by Gasteiger charge is 2.24. The summed E-state index contributed by atoms with van der Waals surface area (Å²) in [6.07, 6.45) is 1.87. The number of fused-ring (bicyclic) bond motifs is 1. The Morgan fingerprint density at radius 3 is 2.68 bits per heavy atom. The first-order chi connectivity index (χ1) is 13.6. The van der Waals surface area contributed by atoms with Crippen LogP contribution in [0.25, 0.3) is 16.8 Å². The quantitative estimate of drug-likeness (QED) is 0.556. The van der Waals surface area contributed by atoms with Crippen molar-refractivity contribution in [1.29, 1.82) is 0 Å². The summed E-state index contributed by atoms with van der Waals surface area (Å²) in [5.41, 5.74) is 1.62. The maximum atomic E-state index is 12.5. The van der Waals surface area contributed by atoms with Crippen LogP contribution in [-0.4, -0.2) is 17.7 Å². The molecule has 1 amide bonds. The molecule has 6 heteroatoms. The van der Waals surface area contributed by atoms with Gasteiger partial charge in [-0.3, -0.25) is 4.79 Å². The monoisotopic (exact) mass is 408 g/mol. The Kier molecular flexibility index (Phi) is 5.37. The normalized spacial score (nSPS) is 16.7. The fraction of sp³-hybridized carbons (Fsp3) is 0.0909. The van der Waals surface area contributed by atoms with Gasteiger partial charge in [-0.1, -0.05) is 41.9 Å². The van der Waals surface area contributed by atoms with Gasteiger partial charge in [-0.15, -0.1) is 0 Å². The van der Waals surface area contributed by atoms with Crippen LogP contribution in [0.4, 0.5) is 5.69 Å². The molecule has 0 radical (unpaired) electrons. The number of nitrogens with one attached hydrogen (secondary N) is 1. The summed E-state index contributed by atoms with van der Waals surface area (Å²) in [7, 11) is 0. The minimum Gasteiger partial charge on any atom is -0.493 e. The molecule has 1 heterocycles. The molecule has 0 saturated carbocycles. The number of benzene rings is 3. The van der Waals surface area contributed by atoms with Crippen molar-refractivity contribution in [3.05, 3.63) is 76.2 Å². The second-order valence-electron chi connectivity index (χ2n) is 6.09. The molecule has 0 unspecified atom stereocenters. The van der Waals surface area contributed by atoms with Gasteiger partial charge in [-0.05, 0) is 65.9 Å². The standard InChI is InChI=1S/C22H17ClN2O2S/c1-2-27-19-12-7-14-5-3-4-6-17(14)18(19)13-20-21(26)25-22(28-20)24-16-10-8-15(23)9-11-16/h3-13H,2H2,1H3,(H,24,25,26)/b20-13-. The molecule has 140 valence electrons. The van der Waals surface area contributed by atoms with E-state index in [1.807, 2.05) is 61.5 Å². The summed E-state index contributed by atoms with van der Waals surface area (Å²) in [4.78, 5) is 17.5. The lowest BCUT2D eigenvalue weighted by molar-refractivity contribution is -0.115. The Morgan fingerprint density at radius 1 is 1.11 bits per heavy atom. The van der Waals surface area contributed by atoms with Gasteiger partial charge in [0.1, 0.15) is 5.75 Å². The SMILES string of the molecule is CCOc1ccc2ccccc2c1/C=C1\SC(=Nc2ccc(Cl)cc2)NC1=O. The number of amidine groups is 1. The zero-order valence-electron chi connectivity index (χ0n) is 15.1. The van der Waals surface area contributed by atoms with Crippen LogP contribution in [-0.2, 0) is 4.79 Å². The first-order valence-electron chi connectivity index (χ1n) is 8.84. The number of nitrogens with zero attached hydrogens (tertiary/aromatic N) is 1. The topological polar surface area (TPSA) is 50.7 Å². The predicted molar refractivity (Wildman–Crippen MR) is 117 cm³/mol.